The Morgan fingerprint density at radius 1 is 1.50 bits per heavy atom. The number of hydrogen-bond acceptors (Lipinski definition) is 3. The topological polar surface area (TPSA) is 60.2 Å². The van der Waals surface area contributed by atoms with Gasteiger partial charge < -0.3 is 5.73 Å². The van der Waals surface area contributed by atoms with Gasteiger partial charge in [-0.1, -0.05) is 0 Å². The zero-order valence-electron chi connectivity index (χ0n) is 7.49. The minimum atomic E-state index is -2.79. The van der Waals surface area contributed by atoms with Gasteiger partial charge in [0.2, 0.25) is 0 Å². The van der Waals surface area contributed by atoms with Gasteiger partial charge in [0, 0.05) is 6.04 Å². The first-order valence-corrected chi connectivity index (χ1v) is 6.28. The van der Waals surface area contributed by atoms with Gasteiger partial charge in [-0.15, -0.1) is 0 Å². The Morgan fingerprint density at radius 2 is 2.08 bits per heavy atom. The third-order valence-corrected chi connectivity index (χ3v) is 3.91. The number of rotatable bonds is 5. The van der Waals surface area contributed by atoms with Gasteiger partial charge in [-0.3, -0.25) is 0 Å². The lowest BCUT2D eigenvalue weighted by Crippen LogP contribution is -2.21. The molecule has 0 aromatic carbocycles. The maximum absolute atomic E-state index is 11.3. The van der Waals surface area contributed by atoms with Crippen molar-refractivity contribution in [3.05, 3.63) is 0 Å². The van der Waals surface area contributed by atoms with E-state index in [1.807, 2.05) is 6.92 Å². The fraction of sp³-hybridized carbons (Fsp3) is 1.00. The third-order valence-electron chi connectivity index (χ3n) is 2.07. The molecule has 0 aromatic rings. The van der Waals surface area contributed by atoms with E-state index in [1.165, 1.54) is 0 Å². The molecular weight excluding hydrogens is 174 g/mol. The molecule has 1 aliphatic rings. The molecule has 72 valence electrons. The SMILES string of the molecule is CC(N)CCS(=O)(=O)CC1CC1. The van der Waals surface area contributed by atoms with Crippen LogP contribution in [0.1, 0.15) is 26.2 Å². The summed E-state index contributed by atoms with van der Waals surface area (Å²) in [4.78, 5) is 0. The zero-order valence-corrected chi connectivity index (χ0v) is 8.31. The minimum absolute atomic E-state index is 0.000946. The molecular formula is C8H17NO2S. The standard InChI is InChI=1S/C8H17NO2S/c1-7(9)4-5-12(10,11)6-8-2-3-8/h7-8H,2-6,9H2,1H3. The van der Waals surface area contributed by atoms with Gasteiger partial charge in [-0.05, 0) is 32.1 Å². The van der Waals surface area contributed by atoms with Gasteiger partial charge >= 0.3 is 0 Å². The van der Waals surface area contributed by atoms with E-state index in [1.54, 1.807) is 0 Å². The van der Waals surface area contributed by atoms with Crippen LogP contribution in [-0.4, -0.2) is 26.0 Å². The summed E-state index contributed by atoms with van der Waals surface area (Å²) >= 11 is 0. The molecule has 0 saturated heterocycles. The molecule has 0 amide bonds. The van der Waals surface area contributed by atoms with Gasteiger partial charge in [-0.2, -0.15) is 0 Å². The lowest BCUT2D eigenvalue weighted by Gasteiger charge is -2.05. The molecule has 0 aromatic heterocycles. The van der Waals surface area contributed by atoms with E-state index in [0.717, 1.165) is 12.8 Å². The molecule has 0 bridgehead atoms. The fourth-order valence-electron chi connectivity index (χ4n) is 1.09. The van der Waals surface area contributed by atoms with Crippen molar-refractivity contribution in [1.82, 2.24) is 0 Å². The predicted octanol–water partition coefficient (Wildman–Crippen LogP) is 0.548. The maximum atomic E-state index is 11.3. The van der Waals surface area contributed by atoms with Crippen LogP contribution in [0.25, 0.3) is 0 Å². The Labute approximate surface area is 74.3 Å². The van der Waals surface area contributed by atoms with E-state index in [9.17, 15) is 8.42 Å². The molecule has 3 nitrogen and oxygen atoms in total. The van der Waals surface area contributed by atoms with E-state index < -0.39 is 9.84 Å². The smallest absolute Gasteiger partial charge is 0.150 e. The normalized spacial score (nSPS) is 20.8. The highest BCUT2D eigenvalue weighted by atomic mass is 32.2. The average Bonchev–Trinajstić information content (AvgIpc) is 2.67. The van der Waals surface area contributed by atoms with Gasteiger partial charge in [0.05, 0.1) is 11.5 Å². The van der Waals surface area contributed by atoms with Crippen molar-refractivity contribution in [2.45, 2.75) is 32.2 Å². The van der Waals surface area contributed by atoms with Crippen LogP contribution < -0.4 is 5.73 Å². The Hall–Kier alpha value is -0.0900. The van der Waals surface area contributed by atoms with Gasteiger partial charge in [0.25, 0.3) is 0 Å². The van der Waals surface area contributed by atoms with Crippen molar-refractivity contribution < 1.29 is 8.42 Å². The van der Waals surface area contributed by atoms with Crippen LogP contribution in [0.4, 0.5) is 0 Å². The van der Waals surface area contributed by atoms with E-state index in [0.29, 0.717) is 18.1 Å². The van der Waals surface area contributed by atoms with Crippen molar-refractivity contribution >= 4 is 9.84 Å². The maximum Gasteiger partial charge on any atom is 0.150 e. The van der Waals surface area contributed by atoms with E-state index in [-0.39, 0.29) is 11.8 Å². The van der Waals surface area contributed by atoms with Crippen LogP contribution in [0, 0.1) is 5.92 Å². The highest BCUT2D eigenvalue weighted by Crippen LogP contribution is 2.30. The molecule has 1 saturated carbocycles. The van der Waals surface area contributed by atoms with Gasteiger partial charge in [-0.25, -0.2) is 8.42 Å². The second-order valence-electron chi connectivity index (χ2n) is 3.82. The molecule has 1 aliphatic carbocycles. The van der Waals surface area contributed by atoms with Crippen molar-refractivity contribution in [3.63, 3.8) is 0 Å². The Kier molecular flexibility index (Phi) is 3.12. The summed E-state index contributed by atoms with van der Waals surface area (Å²) in [5.74, 6) is 1.11. The third kappa shape index (κ3) is 4.07. The molecule has 0 heterocycles. The average molecular weight is 191 g/mol. The molecule has 2 N–H and O–H groups in total. The Morgan fingerprint density at radius 3 is 2.50 bits per heavy atom. The summed E-state index contributed by atoms with van der Waals surface area (Å²) in [6.07, 6.45) is 2.78. The molecule has 1 fully saturated rings. The molecule has 0 spiro atoms. The van der Waals surface area contributed by atoms with Crippen molar-refractivity contribution in [2.75, 3.05) is 11.5 Å². The first kappa shape index (κ1) is 9.99. The Bertz CT molecular complexity index is 229. The lowest BCUT2D eigenvalue weighted by molar-refractivity contribution is 0.584. The highest BCUT2D eigenvalue weighted by molar-refractivity contribution is 7.91. The Balaban J connectivity index is 2.27. The van der Waals surface area contributed by atoms with Crippen LogP contribution in [0.15, 0.2) is 0 Å². The second kappa shape index (κ2) is 3.75. The molecule has 0 aliphatic heterocycles. The van der Waals surface area contributed by atoms with Gasteiger partial charge in [0.1, 0.15) is 0 Å². The van der Waals surface area contributed by atoms with E-state index in [2.05, 4.69) is 0 Å². The number of sulfone groups is 1. The van der Waals surface area contributed by atoms with Crippen LogP contribution in [0.5, 0.6) is 0 Å². The molecule has 1 rings (SSSR count). The molecule has 1 unspecified atom stereocenters. The predicted molar refractivity (Wildman–Crippen MR) is 49.6 cm³/mol. The molecule has 0 radical (unpaired) electrons. The fourth-order valence-corrected chi connectivity index (χ4v) is 3.04. The van der Waals surface area contributed by atoms with Crippen molar-refractivity contribution in [3.8, 4) is 0 Å². The van der Waals surface area contributed by atoms with Crippen LogP contribution in [0.2, 0.25) is 0 Å². The van der Waals surface area contributed by atoms with E-state index in [4.69, 9.17) is 5.73 Å². The first-order chi connectivity index (χ1) is 5.49. The highest BCUT2D eigenvalue weighted by Gasteiger charge is 2.27. The summed E-state index contributed by atoms with van der Waals surface area (Å²) in [5, 5.41) is 0. The summed E-state index contributed by atoms with van der Waals surface area (Å²) in [7, 11) is -2.79. The lowest BCUT2D eigenvalue weighted by atomic mass is 10.3. The minimum Gasteiger partial charge on any atom is -0.328 e. The van der Waals surface area contributed by atoms with Crippen molar-refractivity contribution in [2.24, 2.45) is 11.7 Å². The largest absolute Gasteiger partial charge is 0.328 e. The quantitative estimate of drug-likeness (QED) is 0.690. The molecule has 4 heteroatoms. The summed E-state index contributed by atoms with van der Waals surface area (Å²) in [5.41, 5.74) is 5.48. The first-order valence-electron chi connectivity index (χ1n) is 4.45. The monoisotopic (exact) mass is 191 g/mol. The zero-order chi connectivity index (χ0) is 9.19. The summed E-state index contributed by atoms with van der Waals surface area (Å²) in [6.45, 7) is 1.84. The summed E-state index contributed by atoms with van der Waals surface area (Å²) in [6, 6.07) is -0.000946. The molecule has 12 heavy (non-hydrogen) atoms. The van der Waals surface area contributed by atoms with Crippen LogP contribution in [-0.2, 0) is 9.84 Å². The van der Waals surface area contributed by atoms with Crippen LogP contribution in [0.3, 0.4) is 0 Å². The second-order valence-corrected chi connectivity index (χ2v) is 6.05. The van der Waals surface area contributed by atoms with E-state index >= 15 is 0 Å². The van der Waals surface area contributed by atoms with Gasteiger partial charge in [0.15, 0.2) is 9.84 Å². The van der Waals surface area contributed by atoms with Crippen LogP contribution >= 0.6 is 0 Å². The number of nitrogens with two attached hydrogens (primary N) is 1. The summed E-state index contributed by atoms with van der Waals surface area (Å²) < 4.78 is 22.7. The number of hydrogen-bond donors (Lipinski definition) is 1. The van der Waals surface area contributed by atoms with Crippen molar-refractivity contribution in [1.29, 1.82) is 0 Å². The molecule has 1 atom stereocenters.